The minimum atomic E-state index is -4.05. The molecule has 10 heteroatoms. The number of rotatable bonds is 11. The van der Waals surface area contributed by atoms with Crippen LogP contribution in [-0.4, -0.2) is 40.3 Å². The summed E-state index contributed by atoms with van der Waals surface area (Å²) in [7, 11) is -4.05. The van der Waals surface area contributed by atoms with Crippen molar-refractivity contribution in [1.29, 1.82) is 0 Å². The third-order valence-corrected chi connectivity index (χ3v) is 6.99. The first-order valence-electron chi connectivity index (χ1n) is 11.3. The number of halogens is 1. The van der Waals surface area contributed by atoms with E-state index in [0.29, 0.717) is 35.3 Å². The predicted molar refractivity (Wildman–Crippen MR) is 142 cm³/mol. The molecular weight excluding hydrogens is 502 g/mol. The fourth-order valence-corrected chi connectivity index (χ4v) is 4.87. The second-order valence-corrected chi connectivity index (χ2v) is 9.97. The van der Waals surface area contributed by atoms with Gasteiger partial charge in [0.1, 0.15) is 6.54 Å². The van der Waals surface area contributed by atoms with Gasteiger partial charge in [-0.3, -0.25) is 9.10 Å². The van der Waals surface area contributed by atoms with E-state index in [-0.39, 0.29) is 10.6 Å². The van der Waals surface area contributed by atoms with Crippen LogP contribution in [0.15, 0.2) is 76.7 Å². The van der Waals surface area contributed by atoms with Gasteiger partial charge in [-0.2, -0.15) is 5.10 Å². The fraction of sp³-hybridized carbons (Fsp3) is 0.231. The molecule has 0 aliphatic carbocycles. The van der Waals surface area contributed by atoms with Crippen molar-refractivity contribution in [2.75, 3.05) is 24.1 Å². The van der Waals surface area contributed by atoms with Gasteiger partial charge in [-0.05, 0) is 74.9 Å². The van der Waals surface area contributed by atoms with Gasteiger partial charge in [-0.25, -0.2) is 13.8 Å². The lowest BCUT2D eigenvalue weighted by Gasteiger charge is -2.24. The van der Waals surface area contributed by atoms with Gasteiger partial charge in [0, 0.05) is 5.02 Å². The number of hydrogen-bond donors (Lipinski definition) is 1. The molecule has 0 aromatic heterocycles. The molecule has 3 aromatic rings. The molecule has 36 heavy (non-hydrogen) atoms. The fourth-order valence-electron chi connectivity index (χ4n) is 3.28. The number of benzene rings is 3. The lowest BCUT2D eigenvalue weighted by atomic mass is 10.2. The highest BCUT2D eigenvalue weighted by Gasteiger charge is 2.27. The summed E-state index contributed by atoms with van der Waals surface area (Å²) in [5, 5.41) is 4.32. The monoisotopic (exact) mass is 529 g/mol. The van der Waals surface area contributed by atoms with Gasteiger partial charge < -0.3 is 9.47 Å². The number of aryl methyl sites for hydroxylation is 1. The van der Waals surface area contributed by atoms with Crippen LogP contribution in [-0.2, 0) is 14.8 Å². The van der Waals surface area contributed by atoms with Gasteiger partial charge in [-0.1, -0.05) is 35.4 Å². The summed E-state index contributed by atoms with van der Waals surface area (Å²) in [5.41, 5.74) is 4.23. The quantitative estimate of drug-likeness (QED) is 0.284. The first-order chi connectivity index (χ1) is 17.2. The molecular formula is C26H28ClN3O5S. The lowest BCUT2D eigenvalue weighted by molar-refractivity contribution is -0.119. The molecule has 0 bridgehead atoms. The van der Waals surface area contributed by atoms with E-state index in [4.69, 9.17) is 21.1 Å². The van der Waals surface area contributed by atoms with Crippen LogP contribution in [0.3, 0.4) is 0 Å². The van der Waals surface area contributed by atoms with Crippen LogP contribution in [0.5, 0.6) is 11.5 Å². The van der Waals surface area contributed by atoms with Crippen molar-refractivity contribution in [3.05, 3.63) is 82.9 Å². The van der Waals surface area contributed by atoms with Crippen molar-refractivity contribution in [2.45, 2.75) is 25.7 Å². The number of anilines is 1. The second-order valence-electron chi connectivity index (χ2n) is 7.67. The Balaban J connectivity index is 1.80. The molecule has 0 aliphatic rings. The first-order valence-corrected chi connectivity index (χ1v) is 13.1. The topological polar surface area (TPSA) is 97.3 Å². The molecule has 1 N–H and O–H groups in total. The van der Waals surface area contributed by atoms with E-state index in [0.717, 1.165) is 9.87 Å². The molecule has 0 saturated heterocycles. The smallest absolute Gasteiger partial charge is 0.264 e. The largest absolute Gasteiger partial charge is 0.490 e. The molecule has 1 amide bonds. The van der Waals surface area contributed by atoms with Gasteiger partial charge >= 0.3 is 0 Å². The summed E-state index contributed by atoms with van der Waals surface area (Å²) >= 11 is 6.10. The molecule has 3 rings (SSSR count). The highest BCUT2D eigenvalue weighted by atomic mass is 35.5. The number of ether oxygens (including phenoxy) is 2. The van der Waals surface area contributed by atoms with Crippen molar-refractivity contribution >= 4 is 39.4 Å². The molecule has 0 unspecified atom stereocenters. The average Bonchev–Trinajstić information content (AvgIpc) is 2.84. The Morgan fingerprint density at radius 3 is 2.36 bits per heavy atom. The maximum atomic E-state index is 13.4. The lowest BCUT2D eigenvalue weighted by Crippen LogP contribution is -2.39. The zero-order valence-corrected chi connectivity index (χ0v) is 21.8. The predicted octanol–water partition coefficient (Wildman–Crippen LogP) is 4.79. The van der Waals surface area contributed by atoms with E-state index >= 15 is 0 Å². The van der Waals surface area contributed by atoms with Crippen LogP contribution in [0, 0.1) is 6.92 Å². The molecule has 0 atom stereocenters. The van der Waals surface area contributed by atoms with Crippen molar-refractivity contribution < 1.29 is 22.7 Å². The molecule has 0 fully saturated rings. The summed E-state index contributed by atoms with van der Waals surface area (Å²) in [5.74, 6) is 0.544. The summed E-state index contributed by atoms with van der Waals surface area (Å²) in [6.45, 7) is 6.07. The van der Waals surface area contributed by atoms with Crippen molar-refractivity contribution in [3.63, 3.8) is 0 Å². The van der Waals surface area contributed by atoms with Gasteiger partial charge in [-0.15, -0.1) is 0 Å². The summed E-state index contributed by atoms with van der Waals surface area (Å²) in [6, 6.07) is 18.0. The van der Waals surface area contributed by atoms with Crippen molar-refractivity contribution in [2.24, 2.45) is 5.10 Å². The van der Waals surface area contributed by atoms with Gasteiger partial charge in [0.15, 0.2) is 11.5 Å². The van der Waals surface area contributed by atoms with Crippen LogP contribution in [0.2, 0.25) is 5.02 Å². The highest BCUT2D eigenvalue weighted by Crippen LogP contribution is 2.28. The number of nitrogens with one attached hydrogen (secondary N) is 1. The number of sulfonamides is 1. The number of nitrogens with zero attached hydrogens (tertiary/aromatic N) is 2. The highest BCUT2D eigenvalue weighted by molar-refractivity contribution is 7.92. The van der Waals surface area contributed by atoms with Crippen LogP contribution in [0.4, 0.5) is 5.69 Å². The minimum Gasteiger partial charge on any atom is -0.490 e. The maximum Gasteiger partial charge on any atom is 0.264 e. The third-order valence-electron chi connectivity index (χ3n) is 4.96. The average molecular weight is 530 g/mol. The van der Waals surface area contributed by atoms with Crippen LogP contribution in [0.25, 0.3) is 0 Å². The molecule has 8 nitrogen and oxygen atoms in total. The zero-order valence-electron chi connectivity index (χ0n) is 20.3. The Kier molecular flexibility index (Phi) is 9.32. The number of hydrazone groups is 1. The molecule has 0 aliphatic heterocycles. The summed E-state index contributed by atoms with van der Waals surface area (Å²) in [6.07, 6.45) is 1.44. The Morgan fingerprint density at radius 1 is 1.00 bits per heavy atom. The van der Waals surface area contributed by atoms with Gasteiger partial charge in [0.2, 0.25) is 0 Å². The zero-order chi connectivity index (χ0) is 26.1. The Morgan fingerprint density at radius 2 is 1.69 bits per heavy atom. The second kappa shape index (κ2) is 12.4. The van der Waals surface area contributed by atoms with Gasteiger partial charge in [0.05, 0.1) is 30.0 Å². The summed E-state index contributed by atoms with van der Waals surface area (Å²) < 4.78 is 39.0. The van der Waals surface area contributed by atoms with Gasteiger partial charge in [0.25, 0.3) is 15.9 Å². The Labute approximate surface area is 216 Å². The molecule has 3 aromatic carbocycles. The molecule has 190 valence electrons. The normalized spacial score (nSPS) is 11.3. The number of carbonyl (C=O) groups is 1. The maximum absolute atomic E-state index is 13.4. The molecule has 0 spiro atoms. The molecule has 0 saturated carbocycles. The van der Waals surface area contributed by atoms with E-state index in [2.05, 4.69) is 10.5 Å². The van der Waals surface area contributed by atoms with E-state index in [9.17, 15) is 13.2 Å². The minimum absolute atomic E-state index is 0.0576. The van der Waals surface area contributed by atoms with E-state index in [1.54, 1.807) is 48.5 Å². The Bertz CT molecular complexity index is 1330. The Hall–Kier alpha value is -3.56. The van der Waals surface area contributed by atoms with Crippen LogP contribution in [0.1, 0.15) is 25.0 Å². The van der Waals surface area contributed by atoms with Crippen LogP contribution < -0.4 is 19.2 Å². The van der Waals surface area contributed by atoms with E-state index in [1.807, 2.05) is 20.8 Å². The number of carbonyl (C=O) groups excluding carboxylic acids is 1. The van der Waals surface area contributed by atoms with E-state index in [1.165, 1.54) is 24.4 Å². The molecule has 0 heterocycles. The third kappa shape index (κ3) is 6.99. The van der Waals surface area contributed by atoms with E-state index < -0.39 is 22.5 Å². The van der Waals surface area contributed by atoms with Crippen LogP contribution >= 0.6 is 11.6 Å². The summed E-state index contributed by atoms with van der Waals surface area (Å²) in [4.78, 5) is 12.8. The SMILES string of the molecule is CCOc1ccc(/C=N\NC(=O)CN(c2cccc(Cl)c2)S(=O)(=O)c2ccc(C)cc2)cc1OCC. The standard InChI is InChI=1S/C26H28ClN3O5S/c1-4-34-24-14-11-20(15-25(24)35-5-2)17-28-29-26(31)18-30(22-8-6-7-21(27)16-22)36(32,33)23-12-9-19(3)10-13-23/h6-17H,4-5,18H2,1-3H3,(H,29,31)/b28-17-. The first kappa shape index (κ1) is 27.0. The van der Waals surface area contributed by atoms with Crippen molar-refractivity contribution in [1.82, 2.24) is 5.43 Å². The molecule has 0 radical (unpaired) electrons. The van der Waals surface area contributed by atoms with Crippen molar-refractivity contribution in [3.8, 4) is 11.5 Å². The number of amides is 1. The number of hydrogen-bond acceptors (Lipinski definition) is 6.